The first kappa shape index (κ1) is 16.8. The second kappa shape index (κ2) is 6.83. The topological polar surface area (TPSA) is 55.6 Å². The van der Waals surface area contributed by atoms with Crippen molar-refractivity contribution >= 4 is 18.3 Å². The summed E-state index contributed by atoms with van der Waals surface area (Å²) in [7, 11) is 0. The fraction of sp³-hybridized carbons (Fsp3) is 0.316. The Hall–Kier alpha value is -2.04. The Morgan fingerprint density at radius 3 is 2.71 bits per heavy atom. The Balaban J connectivity index is 0.00000169. The van der Waals surface area contributed by atoms with Crippen molar-refractivity contribution in [2.45, 2.75) is 12.5 Å². The molecule has 126 valence electrons. The fourth-order valence-corrected chi connectivity index (χ4v) is 3.77. The minimum Gasteiger partial charge on any atom is -0.493 e. The average molecular weight is 345 g/mol. The van der Waals surface area contributed by atoms with Gasteiger partial charge in [0, 0.05) is 37.0 Å². The molecule has 4 nitrogen and oxygen atoms in total. The molecule has 4 rings (SSSR count). The lowest BCUT2D eigenvalue weighted by atomic mass is 9.86. The molecule has 0 bridgehead atoms. The van der Waals surface area contributed by atoms with Crippen LogP contribution in [-0.2, 0) is 6.54 Å². The minimum atomic E-state index is -0.380. The molecular formula is C19H21ClN2O2. The number of primary amides is 1. The number of rotatable bonds is 3. The highest BCUT2D eigenvalue weighted by molar-refractivity contribution is 5.93. The third-order valence-electron chi connectivity index (χ3n) is 4.91. The molecule has 0 aliphatic carbocycles. The summed E-state index contributed by atoms with van der Waals surface area (Å²) in [5.74, 6) is 1.42. The van der Waals surface area contributed by atoms with Gasteiger partial charge in [0.2, 0.25) is 5.91 Å². The highest BCUT2D eigenvalue weighted by Crippen LogP contribution is 2.42. The second-order valence-corrected chi connectivity index (χ2v) is 6.47. The number of hydrogen-bond donors (Lipinski definition) is 1. The second-order valence-electron chi connectivity index (χ2n) is 6.47. The lowest BCUT2D eigenvalue weighted by molar-refractivity contribution is 0.1000. The number of carbonyl (C=O) groups is 1. The Morgan fingerprint density at radius 2 is 1.96 bits per heavy atom. The Kier molecular flexibility index (Phi) is 4.78. The van der Waals surface area contributed by atoms with Gasteiger partial charge < -0.3 is 10.5 Å². The van der Waals surface area contributed by atoms with Gasteiger partial charge in [-0.3, -0.25) is 9.69 Å². The van der Waals surface area contributed by atoms with Gasteiger partial charge >= 0.3 is 0 Å². The average Bonchev–Trinajstić information content (AvgIpc) is 2.98. The van der Waals surface area contributed by atoms with E-state index in [4.69, 9.17) is 10.5 Å². The summed E-state index contributed by atoms with van der Waals surface area (Å²) in [6.07, 6.45) is 0. The van der Waals surface area contributed by atoms with Crippen LogP contribution in [0.25, 0.3) is 0 Å². The first-order chi connectivity index (χ1) is 11.2. The van der Waals surface area contributed by atoms with Gasteiger partial charge in [-0.05, 0) is 29.3 Å². The first-order valence-corrected chi connectivity index (χ1v) is 8.03. The summed E-state index contributed by atoms with van der Waals surface area (Å²) in [6.45, 7) is 3.73. The summed E-state index contributed by atoms with van der Waals surface area (Å²) in [6, 6.07) is 16.1. The van der Waals surface area contributed by atoms with Gasteiger partial charge in [0.15, 0.2) is 0 Å². The predicted octanol–water partition coefficient (Wildman–Crippen LogP) is 2.82. The molecule has 0 radical (unpaired) electrons. The summed E-state index contributed by atoms with van der Waals surface area (Å²) < 4.78 is 5.89. The van der Waals surface area contributed by atoms with Crippen molar-refractivity contribution in [2.24, 2.45) is 11.7 Å². The highest BCUT2D eigenvalue weighted by Gasteiger charge is 2.38. The van der Waals surface area contributed by atoms with Gasteiger partial charge in [0.05, 0.1) is 6.61 Å². The van der Waals surface area contributed by atoms with Crippen LogP contribution >= 0.6 is 12.4 Å². The van der Waals surface area contributed by atoms with Crippen LogP contribution in [0, 0.1) is 5.92 Å². The molecule has 1 fully saturated rings. The number of nitrogens with zero attached hydrogens (tertiary/aromatic N) is 1. The highest BCUT2D eigenvalue weighted by atomic mass is 35.5. The zero-order chi connectivity index (χ0) is 15.8. The number of ether oxygens (including phenoxy) is 1. The van der Waals surface area contributed by atoms with E-state index in [-0.39, 0.29) is 18.3 Å². The SMILES string of the molecule is Cl.NC(=O)c1ccc2c(c1)[C@@H]1CN(Cc3ccccc3)C[C@H]1CO2. The number of amides is 1. The van der Waals surface area contributed by atoms with E-state index in [1.807, 2.05) is 18.2 Å². The molecule has 1 amide bonds. The van der Waals surface area contributed by atoms with Crippen LogP contribution in [0.2, 0.25) is 0 Å². The molecule has 24 heavy (non-hydrogen) atoms. The molecular weight excluding hydrogens is 324 g/mol. The monoisotopic (exact) mass is 344 g/mol. The zero-order valence-corrected chi connectivity index (χ0v) is 14.2. The molecule has 2 aromatic rings. The van der Waals surface area contributed by atoms with Gasteiger partial charge in [-0.25, -0.2) is 0 Å². The molecule has 2 aliphatic rings. The number of carbonyl (C=O) groups excluding carboxylic acids is 1. The van der Waals surface area contributed by atoms with E-state index in [0.29, 0.717) is 17.4 Å². The van der Waals surface area contributed by atoms with Crippen LogP contribution in [0.3, 0.4) is 0 Å². The molecule has 0 saturated carbocycles. The van der Waals surface area contributed by atoms with Crippen LogP contribution in [-0.4, -0.2) is 30.5 Å². The quantitative estimate of drug-likeness (QED) is 0.931. The van der Waals surface area contributed by atoms with Gasteiger partial charge in [0.25, 0.3) is 0 Å². The van der Waals surface area contributed by atoms with Crippen LogP contribution < -0.4 is 10.5 Å². The number of nitrogens with two attached hydrogens (primary N) is 1. The zero-order valence-electron chi connectivity index (χ0n) is 13.4. The third kappa shape index (κ3) is 3.12. The summed E-state index contributed by atoms with van der Waals surface area (Å²) in [4.78, 5) is 13.9. The smallest absolute Gasteiger partial charge is 0.248 e. The van der Waals surface area contributed by atoms with E-state index >= 15 is 0 Å². The van der Waals surface area contributed by atoms with Crippen molar-refractivity contribution in [2.75, 3.05) is 19.7 Å². The maximum absolute atomic E-state index is 11.5. The molecule has 2 N–H and O–H groups in total. The van der Waals surface area contributed by atoms with E-state index in [1.165, 1.54) is 5.56 Å². The molecule has 0 aromatic heterocycles. The van der Waals surface area contributed by atoms with Crippen LogP contribution in [0.15, 0.2) is 48.5 Å². The lowest BCUT2D eigenvalue weighted by Crippen LogP contribution is -2.25. The Labute approximate surface area is 148 Å². The normalized spacial score (nSPS) is 22.0. The summed E-state index contributed by atoms with van der Waals surface area (Å²) in [5.41, 5.74) is 8.45. The molecule has 0 spiro atoms. The van der Waals surface area contributed by atoms with Crippen molar-refractivity contribution < 1.29 is 9.53 Å². The van der Waals surface area contributed by atoms with Crippen molar-refractivity contribution in [3.8, 4) is 5.75 Å². The van der Waals surface area contributed by atoms with Gasteiger partial charge in [-0.1, -0.05) is 30.3 Å². The number of halogens is 1. The fourth-order valence-electron chi connectivity index (χ4n) is 3.77. The number of fused-ring (bicyclic) bond motifs is 3. The van der Waals surface area contributed by atoms with Crippen molar-refractivity contribution in [1.29, 1.82) is 0 Å². The van der Waals surface area contributed by atoms with Crippen molar-refractivity contribution in [3.63, 3.8) is 0 Å². The van der Waals surface area contributed by atoms with E-state index in [2.05, 4.69) is 29.2 Å². The predicted molar refractivity (Wildman–Crippen MR) is 95.7 cm³/mol. The van der Waals surface area contributed by atoms with Crippen LogP contribution in [0.5, 0.6) is 5.75 Å². The lowest BCUT2D eigenvalue weighted by Gasteiger charge is -2.28. The molecule has 2 aliphatic heterocycles. The molecule has 2 heterocycles. The maximum Gasteiger partial charge on any atom is 0.248 e. The van der Waals surface area contributed by atoms with Crippen molar-refractivity contribution in [1.82, 2.24) is 4.90 Å². The van der Waals surface area contributed by atoms with E-state index in [9.17, 15) is 4.79 Å². The van der Waals surface area contributed by atoms with Gasteiger partial charge in [0.1, 0.15) is 5.75 Å². The number of benzene rings is 2. The molecule has 0 unspecified atom stereocenters. The van der Waals surface area contributed by atoms with E-state index < -0.39 is 0 Å². The third-order valence-corrected chi connectivity index (χ3v) is 4.91. The van der Waals surface area contributed by atoms with Gasteiger partial charge in [-0.15, -0.1) is 12.4 Å². The largest absolute Gasteiger partial charge is 0.493 e. The minimum absolute atomic E-state index is 0. The molecule has 2 aromatic carbocycles. The molecule has 2 atom stereocenters. The van der Waals surface area contributed by atoms with Gasteiger partial charge in [-0.2, -0.15) is 0 Å². The Bertz CT molecular complexity index is 735. The van der Waals surface area contributed by atoms with Crippen LogP contribution in [0.1, 0.15) is 27.4 Å². The number of likely N-dealkylation sites (tertiary alicyclic amines) is 1. The van der Waals surface area contributed by atoms with Crippen LogP contribution in [0.4, 0.5) is 0 Å². The molecule has 5 heteroatoms. The first-order valence-electron chi connectivity index (χ1n) is 8.03. The molecule has 1 saturated heterocycles. The van der Waals surface area contributed by atoms with E-state index in [1.54, 1.807) is 6.07 Å². The summed E-state index contributed by atoms with van der Waals surface area (Å²) >= 11 is 0. The standard InChI is InChI=1S/C19H20N2O2.ClH/c20-19(22)14-6-7-18-16(8-14)17-11-21(10-15(17)12-23-18)9-13-4-2-1-3-5-13;/h1-8,15,17H,9-12H2,(H2,20,22);1H/t15-,17+;/m0./s1. The summed E-state index contributed by atoms with van der Waals surface area (Å²) in [5, 5.41) is 0. The number of hydrogen-bond acceptors (Lipinski definition) is 3. The maximum atomic E-state index is 11.5. The Morgan fingerprint density at radius 1 is 1.17 bits per heavy atom. The van der Waals surface area contributed by atoms with Crippen molar-refractivity contribution in [3.05, 3.63) is 65.2 Å². The van der Waals surface area contributed by atoms with E-state index in [0.717, 1.165) is 37.6 Å².